The molecule has 0 N–H and O–H groups in total. The van der Waals surface area contributed by atoms with Gasteiger partial charge in [0.15, 0.2) is 0 Å². The van der Waals surface area contributed by atoms with E-state index in [4.69, 9.17) is 23.2 Å². The Kier molecular flexibility index (Phi) is 5.14. The third-order valence-corrected chi connectivity index (χ3v) is 4.78. The summed E-state index contributed by atoms with van der Waals surface area (Å²) in [5.41, 5.74) is 2.28. The molecule has 0 saturated carbocycles. The summed E-state index contributed by atoms with van der Waals surface area (Å²) in [6.07, 6.45) is 0.795. The first-order valence-corrected chi connectivity index (χ1v) is 7.80. The van der Waals surface area contributed by atoms with Crippen LogP contribution < -0.4 is 0 Å². The van der Waals surface area contributed by atoms with E-state index in [0.29, 0.717) is 5.02 Å². The highest BCUT2D eigenvalue weighted by atomic mass is 79.9. The predicted molar refractivity (Wildman–Crippen MR) is 85.6 cm³/mol. The van der Waals surface area contributed by atoms with E-state index in [1.807, 2.05) is 30.3 Å². The zero-order chi connectivity index (χ0) is 13.1. The van der Waals surface area contributed by atoms with Crippen molar-refractivity contribution < 1.29 is 0 Å². The van der Waals surface area contributed by atoms with Gasteiger partial charge >= 0.3 is 0 Å². The topological polar surface area (TPSA) is 0 Å². The van der Waals surface area contributed by atoms with Crippen molar-refractivity contribution in [2.45, 2.75) is 11.8 Å². The first kappa shape index (κ1) is 14.4. The smallest absolute Gasteiger partial charge is 0.0625 e. The summed E-state index contributed by atoms with van der Waals surface area (Å²) in [5, 5.41) is 0.644. The van der Waals surface area contributed by atoms with Gasteiger partial charge in [-0.25, -0.2) is 0 Å². The maximum Gasteiger partial charge on any atom is 0.0625 e. The summed E-state index contributed by atoms with van der Waals surface area (Å²) in [6, 6.07) is 14.0. The van der Waals surface area contributed by atoms with Crippen LogP contribution >= 0.6 is 55.1 Å². The fourth-order valence-corrected chi connectivity index (χ4v) is 2.74. The van der Waals surface area contributed by atoms with Crippen molar-refractivity contribution in [3.63, 3.8) is 0 Å². The van der Waals surface area contributed by atoms with Crippen LogP contribution in [0.2, 0.25) is 5.02 Å². The Morgan fingerprint density at radius 2 is 1.67 bits per heavy atom. The minimum absolute atomic E-state index is 0.0558. The van der Waals surface area contributed by atoms with Gasteiger partial charge in [-0.1, -0.05) is 45.7 Å². The quantitative estimate of drug-likeness (QED) is 0.516. The average molecular weight is 409 g/mol. The van der Waals surface area contributed by atoms with Gasteiger partial charge in [0.2, 0.25) is 0 Å². The molecule has 0 aliphatic rings. The molecule has 0 fully saturated rings. The molecule has 2 aromatic carbocycles. The third kappa shape index (κ3) is 3.74. The highest BCUT2D eigenvalue weighted by molar-refractivity contribution is 9.10. The number of hydrogen-bond donors (Lipinski definition) is 0. The number of hydrogen-bond acceptors (Lipinski definition) is 0. The van der Waals surface area contributed by atoms with Crippen LogP contribution in [0.5, 0.6) is 0 Å². The molecule has 0 bridgehead atoms. The molecule has 0 heterocycles. The van der Waals surface area contributed by atoms with E-state index < -0.39 is 0 Å². The van der Waals surface area contributed by atoms with E-state index in [2.05, 4.69) is 44.0 Å². The van der Waals surface area contributed by atoms with E-state index in [1.54, 1.807) is 0 Å². The van der Waals surface area contributed by atoms with E-state index in [-0.39, 0.29) is 5.38 Å². The molecule has 0 nitrogen and oxygen atoms in total. The van der Waals surface area contributed by atoms with Gasteiger partial charge in [0.05, 0.1) is 10.4 Å². The van der Waals surface area contributed by atoms with Crippen molar-refractivity contribution in [2.75, 3.05) is 0 Å². The molecular formula is C14H10Br2Cl2. The molecule has 0 aliphatic carbocycles. The maximum atomic E-state index is 6.43. The molecular weight excluding hydrogens is 399 g/mol. The molecule has 0 radical (unpaired) electrons. The summed E-state index contributed by atoms with van der Waals surface area (Å²) < 4.78 is 1.95. The fourth-order valence-electron chi connectivity index (χ4n) is 1.65. The van der Waals surface area contributed by atoms with Crippen molar-refractivity contribution in [3.05, 3.63) is 67.6 Å². The summed E-state index contributed by atoms with van der Waals surface area (Å²) >= 11 is 19.2. The van der Waals surface area contributed by atoms with Crippen molar-refractivity contribution in [3.8, 4) is 0 Å². The summed E-state index contributed by atoms with van der Waals surface area (Å²) in [4.78, 5) is 0. The SMILES string of the molecule is Clc1ccc(C(Cl)Cc2ccc(Br)cc2)cc1Br. The lowest BCUT2D eigenvalue weighted by Crippen LogP contribution is -1.96. The Bertz CT molecular complexity index is 538. The van der Waals surface area contributed by atoms with Gasteiger partial charge in [-0.05, 0) is 57.7 Å². The first-order chi connectivity index (χ1) is 8.56. The molecule has 0 aromatic heterocycles. The lowest BCUT2D eigenvalue weighted by molar-refractivity contribution is 0.918. The minimum atomic E-state index is -0.0558. The molecule has 1 unspecified atom stereocenters. The normalized spacial score (nSPS) is 12.4. The molecule has 2 aromatic rings. The Hall–Kier alpha value is -0.0200. The lowest BCUT2D eigenvalue weighted by atomic mass is 10.0. The number of rotatable bonds is 3. The molecule has 0 aliphatic heterocycles. The molecule has 18 heavy (non-hydrogen) atoms. The van der Waals surface area contributed by atoms with Gasteiger partial charge in [0.1, 0.15) is 0 Å². The van der Waals surface area contributed by atoms with Gasteiger partial charge in [0.25, 0.3) is 0 Å². The zero-order valence-electron chi connectivity index (χ0n) is 9.34. The average Bonchev–Trinajstić information content (AvgIpc) is 2.35. The summed E-state index contributed by atoms with van der Waals surface area (Å²) in [7, 11) is 0. The van der Waals surface area contributed by atoms with Crippen LogP contribution in [-0.4, -0.2) is 0 Å². The number of halogens is 4. The monoisotopic (exact) mass is 406 g/mol. The van der Waals surface area contributed by atoms with Crippen molar-refractivity contribution >= 4 is 55.1 Å². The lowest BCUT2D eigenvalue weighted by Gasteiger charge is -2.11. The molecule has 1 atom stereocenters. The van der Waals surface area contributed by atoms with Crippen LogP contribution in [0.1, 0.15) is 16.5 Å². The van der Waals surface area contributed by atoms with Crippen LogP contribution in [0.25, 0.3) is 0 Å². The second kappa shape index (κ2) is 6.42. The minimum Gasteiger partial charge on any atom is -0.117 e. The summed E-state index contributed by atoms with van der Waals surface area (Å²) in [6.45, 7) is 0. The molecule has 2 rings (SSSR count). The zero-order valence-corrected chi connectivity index (χ0v) is 14.0. The van der Waals surface area contributed by atoms with Crippen LogP contribution in [0.4, 0.5) is 0 Å². The first-order valence-electron chi connectivity index (χ1n) is 5.40. The molecule has 0 amide bonds. The maximum absolute atomic E-state index is 6.43. The Morgan fingerprint density at radius 1 is 1.00 bits per heavy atom. The van der Waals surface area contributed by atoms with E-state index in [0.717, 1.165) is 20.9 Å². The second-order valence-electron chi connectivity index (χ2n) is 3.97. The number of alkyl halides is 1. The Labute approximate surface area is 134 Å². The van der Waals surface area contributed by atoms with Gasteiger partial charge in [-0.3, -0.25) is 0 Å². The predicted octanol–water partition coefficient (Wildman–Crippen LogP) is 6.39. The van der Waals surface area contributed by atoms with E-state index in [1.165, 1.54) is 5.56 Å². The van der Waals surface area contributed by atoms with Crippen LogP contribution in [0.3, 0.4) is 0 Å². The van der Waals surface area contributed by atoms with Crippen molar-refractivity contribution in [2.24, 2.45) is 0 Å². The Morgan fingerprint density at radius 3 is 2.28 bits per heavy atom. The highest BCUT2D eigenvalue weighted by Gasteiger charge is 2.10. The molecule has 0 saturated heterocycles. The largest absolute Gasteiger partial charge is 0.117 e. The van der Waals surface area contributed by atoms with Crippen LogP contribution in [-0.2, 0) is 6.42 Å². The van der Waals surface area contributed by atoms with Crippen LogP contribution in [0.15, 0.2) is 51.4 Å². The van der Waals surface area contributed by atoms with Crippen molar-refractivity contribution in [1.29, 1.82) is 0 Å². The summed E-state index contributed by atoms with van der Waals surface area (Å²) in [5.74, 6) is 0. The molecule has 94 valence electrons. The van der Waals surface area contributed by atoms with Crippen molar-refractivity contribution in [1.82, 2.24) is 0 Å². The third-order valence-electron chi connectivity index (χ3n) is 2.63. The second-order valence-corrected chi connectivity index (χ2v) is 6.68. The molecule has 0 spiro atoms. The standard InChI is InChI=1S/C14H10Br2Cl2/c15-11-4-1-9(2-5-11)7-14(18)10-3-6-13(17)12(16)8-10/h1-6,8,14H,7H2. The molecule has 4 heteroatoms. The van der Waals surface area contributed by atoms with E-state index >= 15 is 0 Å². The number of benzene rings is 2. The Balaban J connectivity index is 2.13. The van der Waals surface area contributed by atoms with Gasteiger partial charge in [-0.15, -0.1) is 11.6 Å². The van der Waals surface area contributed by atoms with Gasteiger partial charge < -0.3 is 0 Å². The van der Waals surface area contributed by atoms with Gasteiger partial charge in [-0.2, -0.15) is 0 Å². The highest BCUT2D eigenvalue weighted by Crippen LogP contribution is 2.31. The van der Waals surface area contributed by atoms with E-state index in [9.17, 15) is 0 Å². The fraction of sp³-hybridized carbons (Fsp3) is 0.143. The van der Waals surface area contributed by atoms with Crippen LogP contribution in [0, 0.1) is 0 Å². The van der Waals surface area contributed by atoms with Gasteiger partial charge in [0, 0.05) is 8.95 Å².